The minimum atomic E-state index is -0.261. The molecule has 0 aromatic rings. The lowest BCUT2D eigenvalue weighted by Crippen LogP contribution is -2.16. The van der Waals surface area contributed by atoms with Crippen LogP contribution in [-0.2, 0) is 9.53 Å². The number of ether oxygens (including phenoxy) is 1. The predicted molar refractivity (Wildman–Crippen MR) is 61.9 cm³/mol. The number of carbonyl (C=O) groups excluding carboxylic acids is 1. The number of thioether (sulfide) groups is 1. The molecule has 88 valence electrons. The Morgan fingerprint density at radius 3 is 2.80 bits per heavy atom. The number of carbonyl (C=O) groups is 1. The third-order valence-electron chi connectivity index (χ3n) is 2.84. The van der Waals surface area contributed by atoms with E-state index in [1.807, 2.05) is 0 Å². The van der Waals surface area contributed by atoms with Crippen LogP contribution < -0.4 is 0 Å². The number of esters is 1. The van der Waals surface area contributed by atoms with Gasteiger partial charge in [0.2, 0.25) is 0 Å². The average molecular weight is 232 g/mol. The summed E-state index contributed by atoms with van der Waals surface area (Å²) in [5.74, 6) is 1.48. The van der Waals surface area contributed by atoms with E-state index in [0.717, 1.165) is 6.42 Å². The normalized spacial score (nSPS) is 19.1. The number of rotatable bonds is 6. The maximum absolute atomic E-state index is 10.8. The number of hydrogen-bond donors (Lipinski definition) is 1. The Kier molecular flexibility index (Phi) is 6.10. The van der Waals surface area contributed by atoms with Gasteiger partial charge in [0.05, 0.1) is 19.0 Å². The van der Waals surface area contributed by atoms with Crippen molar-refractivity contribution in [1.29, 1.82) is 0 Å². The summed E-state index contributed by atoms with van der Waals surface area (Å²) in [5, 5.41) is 9.72. The molecule has 0 aromatic carbocycles. The first kappa shape index (κ1) is 12.8. The van der Waals surface area contributed by atoms with Crippen molar-refractivity contribution in [2.24, 2.45) is 5.92 Å². The summed E-state index contributed by atoms with van der Waals surface area (Å²) < 4.78 is 4.52. The molecule has 0 saturated heterocycles. The van der Waals surface area contributed by atoms with E-state index in [2.05, 4.69) is 4.74 Å². The summed E-state index contributed by atoms with van der Waals surface area (Å²) in [6.07, 6.45) is 5.79. The first-order chi connectivity index (χ1) is 7.22. The summed E-state index contributed by atoms with van der Waals surface area (Å²) in [6, 6.07) is 0. The van der Waals surface area contributed by atoms with Crippen LogP contribution in [0.25, 0.3) is 0 Å². The highest BCUT2D eigenvalue weighted by Crippen LogP contribution is 2.29. The lowest BCUT2D eigenvalue weighted by atomic mass is 10.0. The minimum absolute atomic E-state index is 0.215. The van der Waals surface area contributed by atoms with E-state index in [1.54, 1.807) is 0 Å². The van der Waals surface area contributed by atoms with Crippen LogP contribution in [0.4, 0.5) is 0 Å². The molecule has 1 N–H and O–H groups in total. The Labute approximate surface area is 95.6 Å². The van der Waals surface area contributed by atoms with Gasteiger partial charge in [-0.1, -0.05) is 25.7 Å². The van der Waals surface area contributed by atoms with Crippen molar-refractivity contribution in [1.82, 2.24) is 0 Å². The molecule has 3 nitrogen and oxygen atoms in total. The molecule has 15 heavy (non-hydrogen) atoms. The van der Waals surface area contributed by atoms with Crippen molar-refractivity contribution in [2.75, 3.05) is 18.6 Å². The quantitative estimate of drug-likeness (QED) is 0.710. The fourth-order valence-electron chi connectivity index (χ4n) is 2.04. The van der Waals surface area contributed by atoms with Crippen molar-refractivity contribution < 1.29 is 14.6 Å². The highest BCUT2D eigenvalue weighted by molar-refractivity contribution is 7.99. The molecule has 0 spiro atoms. The van der Waals surface area contributed by atoms with Gasteiger partial charge in [-0.25, -0.2) is 0 Å². The van der Waals surface area contributed by atoms with E-state index < -0.39 is 0 Å². The molecule has 1 saturated carbocycles. The molecule has 0 aliphatic heterocycles. The molecule has 1 aliphatic rings. The van der Waals surface area contributed by atoms with E-state index in [9.17, 15) is 9.90 Å². The Balaban J connectivity index is 2.02. The Morgan fingerprint density at radius 1 is 1.53 bits per heavy atom. The Morgan fingerprint density at radius 2 is 2.20 bits per heavy atom. The zero-order valence-electron chi connectivity index (χ0n) is 9.28. The van der Waals surface area contributed by atoms with E-state index in [0.29, 0.717) is 17.4 Å². The second-order valence-electron chi connectivity index (χ2n) is 4.13. The average Bonchev–Trinajstić information content (AvgIpc) is 2.70. The van der Waals surface area contributed by atoms with Crippen molar-refractivity contribution in [3.05, 3.63) is 0 Å². The summed E-state index contributed by atoms with van der Waals surface area (Å²) in [6.45, 7) is 0. The molecular formula is C11H20O3S. The largest absolute Gasteiger partial charge is 0.468 e. The second-order valence-corrected chi connectivity index (χ2v) is 5.16. The van der Waals surface area contributed by atoms with Gasteiger partial charge in [-0.3, -0.25) is 4.79 Å². The second kappa shape index (κ2) is 7.12. The third kappa shape index (κ3) is 5.42. The topological polar surface area (TPSA) is 46.5 Å². The van der Waals surface area contributed by atoms with Crippen LogP contribution in [0.15, 0.2) is 0 Å². The van der Waals surface area contributed by atoms with Crippen molar-refractivity contribution in [2.45, 2.75) is 38.2 Å². The van der Waals surface area contributed by atoms with Crippen LogP contribution in [0.1, 0.15) is 32.1 Å². The van der Waals surface area contributed by atoms with Crippen LogP contribution in [0.5, 0.6) is 0 Å². The first-order valence-corrected chi connectivity index (χ1v) is 6.70. The van der Waals surface area contributed by atoms with Gasteiger partial charge in [-0.15, -0.1) is 11.8 Å². The third-order valence-corrected chi connectivity index (χ3v) is 3.90. The number of aliphatic hydroxyl groups is 1. The van der Waals surface area contributed by atoms with Crippen molar-refractivity contribution in [3.8, 4) is 0 Å². The molecule has 1 atom stereocenters. The SMILES string of the molecule is COC(=O)CSCC(O)CC1CCCC1. The molecule has 1 rings (SSSR count). The van der Waals surface area contributed by atoms with Crippen LogP contribution in [0.2, 0.25) is 0 Å². The number of methoxy groups -OCH3 is 1. The zero-order valence-corrected chi connectivity index (χ0v) is 10.1. The molecular weight excluding hydrogens is 212 g/mol. The molecule has 0 heterocycles. The van der Waals surface area contributed by atoms with Crippen LogP contribution >= 0.6 is 11.8 Å². The molecule has 1 fully saturated rings. The smallest absolute Gasteiger partial charge is 0.315 e. The molecule has 0 radical (unpaired) electrons. The standard InChI is InChI=1S/C11H20O3S/c1-14-11(13)8-15-7-10(12)6-9-4-2-3-5-9/h9-10,12H,2-8H2,1H3. The lowest BCUT2D eigenvalue weighted by molar-refractivity contribution is -0.137. The molecule has 0 bridgehead atoms. The van der Waals surface area contributed by atoms with Crippen LogP contribution in [0, 0.1) is 5.92 Å². The predicted octanol–water partition coefficient (Wildman–Crippen LogP) is 1.83. The fourth-order valence-corrected chi connectivity index (χ4v) is 2.85. The highest BCUT2D eigenvalue weighted by atomic mass is 32.2. The van der Waals surface area contributed by atoms with Gasteiger partial charge in [0.1, 0.15) is 0 Å². The van der Waals surface area contributed by atoms with Crippen LogP contribution in [-0.4, -0.2) is 35.8 Å². The monoisotopic (exact) mass is 232 g/mol. The van der Waals surface area contributed by atoms with Gasteiger partial charge in [0.25, 0.3) is 0 Å². The van der Waals surface area contributed by atoms with E-state index in [4.69, 9.17) is 0 Å². The zero-order chi connectivity index (χ0) is 11.1. The maximum atomic E-state index is 10.8. The highest BCUT2D eigenvalue weighted by Gasteiger charge is 2.18. The number of hydrogen-bond acceptors (Lipinski definition) is 4. The van der Waals surface area contributed by atoms with Gasteiger partial charge in [0.15, 0.2) is 0 Å². The number of aliphatic hydroxyl groups excluding tert-OH is 1. The lowest BCUT2D eigenvalue weighted by Gasteiger charge is -2.14. The summed E-state index contributed by atoms with van der Waals surface area (Å²) >= 11 is 1.45. The van der Waals surface area contributed by atoms with Gasteiger partial charge < -0.3 is 9.84 Å². The van der Waals surface area contributed by atoms with Gasteiger partial charge in [-0.05, 0) is 12.3 Å². The fraction of sp³-hybridized carbons (Fsp3) is 0.909. The molecule has 0 amide bonds. The van der Waals surface area contributed by atoms with Crippen molar-refractivity contribution in [3.63, 3.8) is 0 Å². The van der Waals surface area contributed by atoms with E-state index >= 15 is 0 Å². The van der Waals surface area contributed by atoms with E-state index in [-0.39, 0.29) is 12.1 Å². The summed E-state index contributed by atoms with van der Waals surface area (Å²) in [7, 11) is 1.39. The van der Waals surface area contributed by atoms with E-state index in [1.165, 1.54) is 44.6 Å². The molecule has 4 heteroatoms. The van der Waals surface area contributed by atoms with Crippen LogP contribution in [0.3, 0.4) is 0 Å². The minimum Gasteiger partial charge on any atom is -0.468 e. The van der Waals surface area contributed by atoms with Gasteiger partial charge in [-0.2, -0.15) is 0 Å². The van der Waals surface area contributed by atoms with Gasteiger partial charge in [0, 0.05) is 5.75 Å². The Bertz CT molecular complexity index is 190. The molecule has 1 unspecified atom stereocenters. The maximum Gasteiger partial charge on any atom is 0.315 e. The summed E-state index contributed by atoms with van der Waals surface area (Å²) in [4.78, 5) is 10.8. The van der Waals surface area contributed by atoms with Crippen molar-refractivity contribution >= 4 is 17.7 Å². The molecule has 0 aromatic heterocycles. The first-order valence-electron chi connectivity index (χ1n) is 5.55. The molecule has 1 aliphatic carbocycles. The summed E-state index contributed by atoms with van der Waals surface area (Å²) in [5.41, 5.74) is 0. The van der Waals surface area contributed by atoms with Gasteiger partial charge >= 0.3 is 5.97 Å². The Hall–Kier alpha value is -0.220.